The molecule has 0 aliphatic rings. The highest BCUT2D eigenvalue weighted by atomic mass is 32.2. The summed E-state index contributed by atoms with van der Waals surface area (Å²) in [5.74, 6) is 0.145. The zero-order valence-electron chi connectivity index (χ0n) is 15.2. The van der Waals surface area contributed by atoms with Gasteiger partial charge in [-0.05, 0) is 36.4 Å². The van der Waals surface area contributed by atoms with Crippen LogP contribution in [0.1, 0.15) is 10.4 Å². The van der Waals surface area contributed by atoms with Gasteiger partial charge in [0.25, 0.3) is 10.0 Å². The number of nitrogens with one attached hydrogen (secondary N) is 1. The van der Waals surface area contributed by atoms with Gasteiger partial charge in [0.1, 0.15) is 11.5 Å². The molecule has 0 radical (unpaired) electrons. The van der Waals surface area contributed by atoms with Crippen LogP contribution in [0.4, 0.5) is 5.69 Å². The van der Waals surface area contributed by atoms with Gasteiger partial charge in [0.05, 0.1) is 24.7 Å². The minimum absolute atomic E-state index is 0.0607. The lowest BCUT2D eigenvalue weighted by atomic mass is 10.1. The predicted molar refractivity (Wildman–Crippen MR) is 106 cm³/mol. The van der Waals surface area contributed by atoms with Gasteiger partial charge in [0, 0.05) is 24.0 Å². The summed E-state index contributed by atoms with van der Waals surface area (Å²) >= 11 is 0. The van der Waals surface area contributed by atoms with Crippen LogP contribution in [0.3, 0.4) is 0 Å². The molecule has 9 nitrogen and oxygen atoms in total. The largest absolute Gasteiger partial charge is 0.497 e. The van der Waals surface area contributed by atoms with E-state index in [4.69, 9.17) is 20.9 Å². The van der Waals surface area contributed by atoms with Crippen molar-refractivity contribution in [1.29, 1.82) is 0 Å². The van der Waals surface area contributed by atoms with Crippen molar-refractivity contribution in [2.75, 3.05) is 19.5 Å². The molecule has 0 fully saturated rings. The highest BCUT2D eigenvalue weighted by Crippen LogP contribution is 2.25. The van der Waals surface area contributed by atoms with Gasteiger partial charge in [-0.3, -0.25) is 4.79 Å². The first-order valence-electron chi connectivity index (χ1n) is 7.92. The maximum Gasteiger partial charge on any atom is 0.285 e. The molecule has 0 aliphatic heterocycles. The fourth-order valence-corrected chi connectivity index (χ4v) is 3.08. The molecule has 10 heteroatoms. The summed E-state index contributed by atoms with van der Waals surface area (Å²) in [6, 6.07) is 10.6. The van der Waals surface area contributed by atoms with Crippen molar-refractivity contribution in [2.45, 2.75) is 4.90 Å². The highest BCUT2D eigenvalue weighted by Gasteiger charge is 2.13. The van der Waals surface area contributed by atoms with Crippen LogP contribution in [0, 0.1) is 0 Å². The molecule has 0 unspecified atom stereocenters. The molecule has 148 valence electrons. The van der Waals surface area contributed by atoms with Crippen LogP contribution in [-0.2, 0) is 10.0 Å². The number of nitrogens with two attached hydrogens (primary N) is 2. The number of rotatable bonds is 8. The molecule has 0 bridgehead atoms. The molecule has 0 aliphatic carbocycles. The third kappa shape index (κ3) is 5.24. The fourth-order valence-electron chi connectivity index (χ4n) is 2.22. The Bertz CT molecular complexity index is 1010. The molecule has 0 heterocycles. The second-order valence-electron chi connectivity index (χ2n) is 5.42. The Morgan fingerprint density at radius 2 is 1.75 bits per heavy atom. The zero-order valence-corrected chi connectivity index (χ0v) is 16.1. The van der Waals surface area contributed by atoms with Crippen molar-refractivity contribution in [1.82, 2.24) is 0 Å². The van der Waals surface area contributed by atoms with Crippen molar-refractivity contribution >= 4 is 27.5 Å². The van der Waals surface area contributed by atoms with Crippen LogP contribution in [-0.4, -0.2) is 34.4 Å². The molecule has 0 amide bonds. The Hall–Kier alpha value is -3.53. The van der Waals surface area contributed by atoms with Crippen molar-refractivity contribution in [3.63, 3.8) is 0 Å². The van der Waals surface area contributed by atoms with E-state index in [1.165, 1.54) is 50.8 Å². The quantitative estimate of drug-likeness (QED) is 0.259. The Morgan fingerprint density at radius 3 is 2.32 bits per heavy atom. The maximum absolute atomic E-state index is 12.3. The molecule has 28 heavy (non-hydrogen) atoms. The van der Waals surface area contributed by atoms with Crippen molar-refractivity contribution < 1.29 is 22.7 Å². The number of allylic oxidation sites excluding steroid dienone is 1. The molecule has 0 saturated heterocycles. The second kappa shape index (κ2) is 8.91. The fraction of sp³-hybridized carbons (Fsp3) is 0.111. The minimum Gasteiger partial charge on any atom is -0.497 e. The highest BCUT2D eigenvalue weighted by molar-refractivity contribution is 7.90. The molecule has 0 atom stereocenters. The molecule has 2 aromatic rings. The van der Waals surface area contributed by atoms with Gasteiger partial charge in [-0.25, -0.2) is 0 Å². The number of benzene rings is 2. The number of anilines is 1. The van der Waals surface area contributed by atoms with Crippen LogP contribution >= 0.6 is 0 Å². The zero-order chi connectivity index (χ0) is 20.7. The number of ether oxygens (including phenoxy) is 2. The monoisotopic (exact) mass is 404 g/mol. The van der Waals surface area contributed by atoms with Gasteiger partial charge < -0.3 is 26.3 Å². The number of carbonyl (C=O) groups excluding carboxylic acids is 1. The summed E-state index contributed by atoms with van der Waals surface area (Å²) in [7, 11) is -0.960. The number of sulfonamides is 1. The Labute approximate surface area is 162 Å². The lowest BCUT2D eigenvalue weighted by molar-refractivity contribution is 0.104. The van der Waals surface area contributed by atoms with Gasteiger partial charge in [-0.1, -0.05) is 0 Å². The molecule has 0 aromatic heterocycles. The topological polar surface area (TPSA) is 146 Å². The van der Waals surface area contributed by atoms with Gasteiger partial charge in [0.2, 0.25) is 5.96 Å². The van der Waals surface area contributed by atoms with E-state index in [0.29, 0.717) is 22.7 Å². The summed E-state index contributed by atoms with van der Waals surface area (Å²) in [4.78, 5) is 12.3. The number of hydrogen-bond acceptors (Lipinski definition) is 6. The average Bonchev–Trinajstić information content (AvgIpc) is 2.66. The average molecular weight is 404 g/mol. The first-order valence-corrected chi connectivity index (χ1v) is 9.36. The lowest BCUT2D eigenvalue weighted by Gasteiger charge is -2.08. The second-order valence-corrected chi connectivity index (χ2v) is 7.03. The molecule has 2 aromatic carbocycles. The van der Waals surface area contributed by atoms with Crippen LogP contribution in [0.2, 0.25) is 0 Å². The normalized spacial score (nSPS) is 11.1. The van der Waals surface area contributed by atoms with E-state index < -0.39 is 16.0 Å². The van der Waals surface area contributed by atoms with Crippen molar-refractivity contribution in [3.8, 4) is 11.5 Å². The smallest absolute Gasteiger partial charge is 0.285 e. The van der Waals surface area contributed by atoms with E-state index in [2.05, 4.69) is 9.71 Å². The first-order chi connectivity index (χ1) is 13.3. The number of carbonyl (C=O) groups is 1. The number of nitrogens with zero attached hydrogens (tertiary/aromatic N) is 1. The first kappa shape index (κ1) is 20.8. The van der Waals surface area contributed by atoms with E-state index in [9.17, 15) is 13.2 Å². The summed E-state index contributed by atoms with van der Waals surface area (Å²) in [6.45, 7) is 0. The molecule has 0 saturated carbocycles. The third-order valence-corrected chi connectivity index (χ3v) is 4.86. The summed E-state index contributed by atoms with van der Waals surface area (Å²) < 4.78 is 37.3. The van der Waals surface area contributed by atoms with Gasteiger partial charge in [-0.15, -0.1) is 4.40 Å². The van der Waals surface area contributed by atoms with Crippen LogP contribution in [0.5, 0.6) is 11.5 Å². The Morgan fingerprint density at radius 1 is 1.07 bits per heavy atom. The predicted octanol–water partition coefficient (Wildman–Crippen LogP) is 1.47. The van der Waals surface area contributed by atoms with E-state index in [1.807, 2.05) is 0 Å². The van der Waals surface area contributed by atoms with Gasteiger partial charge in [-0.2, -0.15) is 8.42 Å². The maximum atomic E-state index is 12.3. The van der Waals surface area contributed by atoms with Gasteiger partial charge >= 0.3 is 0 Å². The Balaban J connectivity index is 2.09. The van der Waals surface area contributed by atoms with E-state index in [0.717, 1.165) is 0 Å². The molecule has 2 rings (SSSR count). The summed E-state index contributed by atoms with van der Waals surface area (Å²) in [6.07, 6.45) is 2.76. The molecular weight excluding hydrogens is 384 g/mol. The van der Waals surface area contributed by atoms with Gasteiger partial charge in [0.15, 0.2) is 5.78 Å². The molecular formula is C18H20N4O5S. The SMILES string of the molecule is COc1ccc(C(=O)C=CNc2ccc(S(=O)(=O)N=C(N)N)cc2)c(OC)c1. The van der Waals surface area contributed by atoms with Crippen LogP contribution < -0.4 is 26.3 Å². The molecule has 5 N–H and O–H groups in total. The van der Waals surface area contributed by atoms with E-state index in [1.54, 1.807) is 18.2 Å². The number of methoxy groups -OCH3 is 2. The van der Waals surface area contributed by atoms with E-state index in [-0.39, 0.29) is 10.7 Å². The standard InChI is InChI=1S/C18H20N4O5S/c1-26-13-5-8-15(17(11-13)27-2)16(23)9-10-21-12-3-6-14(7-4-12)28(24,25)22-18(19)20/h3-11,21H,1-2H3,(H4,19,20,22). The van der Waals surface area contributed by atoms with Crippen molar-refractivity contribution in [3.05, 3.63) is 60.3 Å². The number of ketones is 1. The minimum atomic E-state index is -3.95. The van der Waals surface area contributed by atoms with Crippen molar-refractivity contribution in [2.24, 2.45) is 15.9 Å². The Kier molecular flexibility index (Phi) is 6.61. The van der Waals surface area contributed by atoms with Crippen LogP contribution in [0.25, 0.3) is 0 Å². The summed E-state index contributed by atoms with van der Waals surface area (Å²) in [5, 5.41) is 2.88. The number of guanidine groups is 1. The third-order valence-electron chi connectivity index (χ3n) is 3.54. The molecule has 0 spiro atoms. The van der Waals surface area contributed by atoms with E-state index >= 15 is 0 Å². The lowest BCUT2D eigenvalue weighted by Crippen LogP contribution is -2.24. The number of hydrogen-bond donors (Lipinski definition) is 3. The van der Waals surface area contributed by atoms with Crippen LogP contribution in [0.15, 0.2) is 64.0 Å². The summed E-state index contributed by atoms with van der Waals surface area (Å²) in [5.41, 5.74) is 11.1.